The highest BCUT2D eigenvalue weighted by Gasteiger charge is 2.29. The third kappa shape index (κ3) is 6.94. The van der Waals surface area contributed by atoms with Gasteiger partial charge in [0.1, 0.15) is 0 Å². The molecule has 2 N–H and O–H groups in total. The van der Waals surface area contributed by atoms with Crippen molar-refractivity contribution in [2.24, 2.45) is 4.99 Å². The molecule has 136 valence electrons. The number of guanidine groups is 1. The summed E-state index contributed by atoms with van der Waals surface area (Å²) in [6, 6.07) is 8.37. The minimum atomic E-state index is -0.0714. The molecule has 5 nitrogen and oxygen atoms in total. The van der Waals surface area contributed by atoms with E-state index in [4.69, 9.17) is 9.47 Å². The van der Waals surface area contributed by atoms with Crippen LogP contribution in [0.2, 0.25) is 0 Å². The number of hydrogen-bond donors (Lipinski definition) is 2. The summed E-state index contributed by atoms with van der Waals surface area (Å²) < 4.78 is 10.9. The van der Waals surface area contributed by atoms with Gasteiger partial charge in [0.05, 0.1) is 18.8 Å². The number of nitrogens with zero attached hydrogens (tertiary/aromatic N) is 1. The molecule has 0 aromatic heterocycles. The highest BCUT2D eigenvalue weighted by Crippen LogP contribution is 2.23. The van der Waals surface area contributed by atoms with Crippen molar-refractivity contribution in [2.45, 2.75) is 45.4 Å². The van der Waals surface area contributed by atoms with Crippen molar-refractivity contribution >= 4 is 29.9 Å². The second-order valence-electron chi connectivity index (χ2n) is 6.20. The fourth-order valence-electron chi connectivity index (χ4n) is 2.67. The number of ether oxygens (including phenoxy) is 2. The maximum Gasteiger partial charge on any atom is 0.191 e. The predicted octanol–water partition coefficient (Wildman–Crippen LogP) is 3.08. The van der Waals surface area contributed by atoms with Crippen LogP contribution in [0.25, 0.3) is 0 Å². The van der Waals surface area contributed by atoms with Crippen LogP contribution in [0.1, 0.15) is 37.8 Å². The first-order valence-electron chi connectivity index (χ1n) is 8.38. The number of methoxy groups -OCH3 is 1. The molecule has 1 aliphatic rings. The first-order valence-corrected chi connectivity index (χ1v) is 8.38. The van der Waals surface area contributed by atoms with E-state index in [1.54, 1.807) is 7.11 Å². The highest BCUT2D eigenvalue weighted by atomic mass is 127. The molecule has 0 bridgehead atoms. The summed E-state index contributed by atoms with van der Waals surface area (Å²) in [5.41, 5.74) is 2.29. The second-order valence-corrected chi connectivity index (χ2v) is 6.20. The Kier molecular flexibility index (Phi) is 9.61. The van der Waals surface area contributed by atoms with Gasteiger partial charge in [-0.1, -0.05) is 24.3 Å². The van der Waals surface area contributed by atoms with Gasteiger partial charge in [0, 0.05) is 26.8 Å². The van der Waals surface area contributed by atoms with Crippen molar-refractivity contribution < 1.29 is 9.47 Å². The topological polar surface area (TPSA) is 54.9 Å². The summed E-state index contributed by atoms with van der Waals surface area (Å²) in [5, 5.41) is 6.69. The van der Waals surface area contributed by atoms with E-state index in [-0.39, 0.29) is 29.6 Å². The largest absolute Gasteiger partial charge is 0.380 e. The lowest BCUT2D eigenvalue weighted by Crippen LogP contribution is -2.45. The molecular formula is C18H30IN3O2. The normalized spacial score (nSPS) is 20.5. The lowest BCUT2D eigenvalue weighted by Gasteiger charge is -2.24. The van der Waals surface area contributed by atoms with Gasteiger partial charge in [0.2, 0.25) is 0 Å². The quantitative estimate of drug-likeness (QED) is 0.383. The predicted molar refractivity (Wildman–Crippen MR) is 109 cm³/mol. The van der Waals surface area contributed by atoms with Crippen LogP contribution >= 0.6 is 24.0 Å². The third-order valence-corrected chi connectivity index (χ3v) is 4.03. The lowest BCUT2D eigenvalue weighted by molar-refractivity contribution is 0.0243. The van der Waals surface area contributed by atoms with Crippen molar-refractivity contribution in [1.82, 2.24) is 10.6 Å². The van der Waals surface area contributed by atoms with Crippen molar-refractivity contribution in [2.75, 3.05) is 26.8 Å². The van der Waals surface area contributed by atoms with Crippen LogP contribution in [0.5, 0.6) is 0 Å². The van der Waals surface area contributed by atoms with E-state index in [0.717, 1.165) is 38.5 Å². The summed E-state index contributed by atoms with van der Waals surface area (Å²) in [7, 11) is 1.71. The number of nitrogens with one attached hydrogen (secondary N) is 2. The summed E-state index contributed by atoms with van der Waals surface area (Å²) in [6.07, 6.45) is 2.24. The van der Waals surface area contributed by atoms with Crippen molar-refractivity contribution in [1.29, 1.82) is 0 Å². The molecule has 2 rings (SSSR count). The fraction of sp³-hybridized carbons (Fsp3) is 0.611. The molecule has 0 aliphatic carbocycles. The zero-order valence-electron chi connectivity index (χ0n) is 14.9. The van der Waals surface area contributed by atoms with Gasteiger partial charge in [0.25, 0.3) is 0 Å². The van der Waals surface area contributed by atoms with Crippen LogP contribution in [0.15, 0.2) is 29.3 Å². The number of hydrogen-bond acceptors (Lipinski definition) is 3. The first-order chi connectivity index (χ1) is 11.1. The van der Waals surface area contributed by atoms with Gasteiger partial charge < -0.3 is 20.1 Å². The zero-order valence-corrected chi connectivity index (χ0v) is 17.3. The van der Waals surface area contributed by atoms with Gasteiger partial charge in [-0.05, 0) is 37.8 Å². The van der Waals surface area contributed by atoms with Crippen molar-refractivity contribution in [3.8, 4) is 0 Å². The Hall–Kier alpha value is -0.860. The standard InChI is InChI=1S/C18H29N3O2.HI/c1-4-19-17(21-14-18(2)10-5-11-23-18)20-12-15-6-8-16(9-7-15)13-22-3;/h6-9H,4-5,10-14H2,1-3H3,(H2,19,20,21);1H. The molecule has 1 atom stereocenters. The summed E-state index contributed by atoms with van der Waals surface area (Å²) >= 11 is 0. The highest BCUT2D eigenvalue weighted by molar-refractivity contribution is 14.0. The Morgan fingerprint density at radius 3 is 2.54 bits per heavy atom. The Bertz CT molecular complexity index is 499. The Morgan fingerprint density at radius 2 is 1.96 bits per heavy atom. The monoisotopic (exact) mass is 447 g/mol. The van der Waals surface area contributed by atoms with E-state index in [1.165, 1.54) is 11.1 Å². The van der Waals surface area contributed by atoms with Crippen LogP contribution in [0.4, 0.5) is 0 Å². The molecule has 0 saturated carbocycles. The Labute approximate surface area is 162 Å². The molecule has 6 heteroatoms. The van der Waals surface area contributed by atoms with Crippen LogP contribution in [-0.2, 0) is 22.6 Å². The van der Waals surface area contributed by atoms with Gasteiger partial charge in [-0.2, -0.15) is 0 Å². The second kappa shape index (κ2) is 10.9. The molecule has 1 saturated heterocycles. The van der Waals surface area contributed by atoms with Crippen LogP contribution in [0, 0.1) is 0 Å². The summed E-state index contributed by atoms with van der Waals surface area (Å²) in [4.78, 5) is 4.66. The van der Waals surface area contributed by atoms with Crippen LogP contribution < -0.4 is 10.6 Å². The lowest BCUT2D eigenvalue weighted by atomic mass is 10.0. The first kappa shape index (κ1) is 21.2. The SMILES string of the molecule is CCNC(=NCc1ccc(COC)cc1)NCC1(C)CCCO1.I. The molecule has 1 fully saturated rings. The smallest absolute Gasteiger partial charge is 0.191 e. The average molecular weight is 447 g/mol. The number of rotatable bonds is 7. The molecule has 24 heavy (non-hydrogen) atoms. The van der Waals surface area contributed by atoms with E-state index in [0.29, 0.717) is 13.2 Å². The van der Waals surface area contributed by atoms with E-state index in [2.05, 4.69) is 53.7 Å². The maximum absolute atomic E-state index is 5.81. The average Bonchev–Trinajstić information content (AvgIpc) is 2.99. The van der Waals surface area contributed by atoms with Gasteiger partial charge in [-0.25, -0.2) is 4.99 Å². The molecule has 1 aliphatic heterocycles. The molecule has 1 heterocycles. The number of halogens is 1. The van der Waals surface area contributed by atoms with Gasteiger partial charge in [0.15, 0.2) is 5.96 Å². The van der Waals surface area contributed by atoms with Gasteiger partial charge in [-0.15, -0.1) is 24.0 Å². The summed E-state index contributed by atoms with van der Waals surface area (Å²) in [5.74, 6) is 0.838. The minimum absolute atomic E-state index is 0. The van der Waals surface area contributed by atoms with Crippen molar-refractivity contribution in [3.63, 3.8) is 0 Å². The van der Waals surface area contributed by atoms with E-state index >= 15 is 0 Å². The molecule has 0 spiro atoms. The molecular weight excluding hydrogens is 417 g/mol. The molecule has 1 unspecified atom stereocenters. The Morgan fingerprint density at radius 1 is 1.25 bits per heavy atom. The molecule has 0 radical (unpaired) electrons. The van der Waals surface area contributed by atoms with Gasteiger partial charge in [-0.3, -0.25) is 0 Å². The van der Waals surface area contributed by atoms with Crippen LogP contribution in [0.3, 0.4) is 0 Å². The fourth-order valence-corrected chi connectivity index (χ4v) is 2.67. The minimum Gasteiger partial charge on any atom is -0.380 e. The van der Waals surface area contributed by atoms with Gasteiger partial charge >= 0.3 is 0 Å². The van der Waals surface area contributed by atoms with E-state index < -0.39 is 0 Å². The van der Waals surface area contributed by atoms with Crippen LogP contribution in [-0.4, -0.2) is 38.4 Å². The van der Waals surface area contributed by atoms with E-state index in [9.17, 15) is 0 Å². The molecule has 1 aromatic rings. The zero-order chi connectivity index (χ0) is 16.5. The van der Waals surface area contributed by atoms with Crippen molar-refractivity contribution in [3.05, 3.63) is 35.4 Å². The molecule has 1 aromatic carbocycles. The van der Waals surface area contributed by atoms with E-state index in [1.807, 2.05) is 0 Å². The summed E-state index contributed by atoms with van der Waals surface area (Å²) in [6.45, 7) is 8.02. The number of aliphatic imine (C=N–C) groups is 1. The third-order valence-electron chi connectivity index (χ3n) is 4.03. The molecule has 0 amide bonds. The number of benzene rings is 1. The maximum atomic E-state index is 5.81. The Balaban J connectivity index is 0.00000288.